The highest BCUT2D eigenvalue weighted by molar-refractivity contribution is 6.30. The van der Waals surface area contributed by atoms with E-state index in [1.165, 1.54) is 0 Å². The Morgan fingerprint density at radius 1 is 0.786 bits per heavy atom. The summed E-state index contributed by atoms with van der Waals surface area (Å²) in [5.74, 6) is 0.371. The molecule has 0 bridgehead atoms. The molecular weight excluding hydrogens is 372 g/mol. The molecular formula is C22H19ClN4O. The zero-order valence-electron chi connectivity index (χ0n) is 15.3. The van der Waals surface area contributed by atoms with Crippen molar-refractivity contribution >= 4 is 34.9 Å². The van der Waals surface area contributed by atoms with Crippen LogP contribution < -0.4 is 10.6 Å². The van der Waals surface area contributed by atoms with Crippen LogP contribution in [0.5, 0.6) is 0 Å². The van der Waals surface area contributed by atoms with E-state index in [9.17, 15) is 4.79 Å². The number of nitrogens with one attached hydrogen (secondary N) is 2. The zero-order valence-corrected chi connectivity index (χ0v) is 16.0. The third kappa shape index (κ3) is 5.53. The van der Waals surface area contributed by atoms with Gasteiger partial charge >= 0.3 is 6.03 Å². The van der Waals surface area contributed by atoms with E-state index in [2.05, 4.69) is 20.8 Å². The van der Waals surface area contributed by atoms with Gasteiger partial charge in [-0.05, 0) is 31.2 Å². The number of hydrogen-bond acceptors (Lipinski definition) is 3. The van der Waals surface area contributed by atoms with Crippen LogP contribution in [-0.4, -0.2) is 17.6 Å². The molecule has 0 atom stereocenters. The van der Waals surface area contributed by atoms with Crippen LogP contribution in [0.2, 0.25) is 5.02 Å². The minimum Gasteiger partial charge on any atom is -0.308 e. The topological polar surface area (TPSA) is 65.8 Å². The first-order valence-corrected chi connectivity index (χ1v) is 9.06. The van der Waals surface area contributed by atoms with Gasteiger partial charge in [-0.15, -0.1) is 10.2 Å². The third-order valence-corrected chi connectivity index (χ3v) is 4.04. The van der Waals surface area contributed by atoms with Gasteiger partial charge in [-0.25, -0.2) is 4.79 Å². The van der Waals surface area contributed by atoms with Crippen molar-refractivity contribution in [2.24, 2.45) is 10.2 Å². The fourth-order valence-electron chi connectivity index (χ4n) is 2.48. The molecule has 0 heterocycles. The van der Waals surface area contributed by atoms with Crippen molar-refractivity contribution < 1.29 is 4.79 Å². The minimum atomic E-state index is -0.403. The molecule has 2 N–H and O–H groups in total. The normalized spacial score (nSPS) is 10.9. The SMILES string of the molecule is C/C(=N/N=C(c1ccccc1)c1ccccc1)NC(=O)Nc1ccc(Cl)cc1. The van der Waals surface area contributed by atoms with Crippen molar-refractivity contribution in [2.75, 3.05) is 5.32 Å². The Kier molecular flexibility index (Phi) is 6.54. The highest BCUT2D eigenvalue weighted by atomic mass is 35.5. The number of anilines is 1. The lowest BCUT2D eigenvalue weighted by Gasteiger charge is -2.08. The van der Waals surface area contributed by atoms with Gasteiger partial charge in [0.25, 0.3) is 0 Å². The number of amidine groups is 1. The predicted octanol–water partition coefficient (Wildman–Crippen LogP) is 5.33. The molecule has 0 aliphatic carbocycles. The van der Waals surface area contributed by atoms with Crippen molar-refractivity contribution in [3.63, 3.8) is 0 Å². The molecule has 3 rings (SSSR count). The lowest BCUT2D eigenvalue weighted by Crippen LogP contribution is -2.32. The van der Waals surface area contributed by atoms with Crippen LogP contribution >= 0.6 is 11.6 Å². The van der Waals surface area contributed by atoms with Crippen LogP contribution in [0.1, 0.15) is 18.1 Å². The highest BCUT2D eigenvalue weighted by Crippen LogP contribution is 2.13. The van der Waals surface area contributed by atoms with E-state index in [-0.39, 0.29) is 0 Å². The molecule has 140 valence electrons. The van der Waals surface area contributed by atoms with Gasteiger partial charge in [0.1, 0.15) is 11.5 Å². The molecule has 0 spiro atoms. The number of nitrogens with zero attached hydrogens (tertiary/aromatic N) is 2. The largest absolute Gasteiger partial charge is 0.324 e. The molecule has 0 radical (unpaired) electrons. The Bertz CT molecular complexity index is 943. The van der Waals surface area contributed by atoms with Crippen LogP contribution in [0.25, 0.3) is 0 Å². The molecule has 5 nitrogen and oxygen atoms in total. The second-order valence-electron chi connectivity index (χ2n) is 5.95. The van der Waals surface area contributed by atoms with Gasteiger partial charge in [0.15, 0.2) is 0 Å². The van der Waals surface area contributed by atoms with Crippen molar-refractivity contribution in [3.8, 4) is 0 Å². The Balaban J connectivity index is 1.76. The quantitative estimate of drug-likeness (QED) is 0.353. The number of urea groups is 1. The van der Waals surface area contributed by atoms with Crippen molar-refractivity contribution in [2.45, 2.75) is 6.92 Å². The summed E-state index contributed by atoms with van der Waals surface area (Å²) in [4.78, 5) is 12.1. The number of carbonyl (C=O) groups is 1. The minimum absolute atomic E-state index is 0.371. The number of halogens is 1. The smallest absolute Gasteiger partial charge is 0.308 e. The number of hydrogen-bond donors (Lipinski definition) is 2. The molecule has 0 fully saturated rings. The van der Waals surface area contributed by atoms with Crippen molar-refractivity contribution in [1.82, 2.24) is 5.32 Å². The Labute approximate surface area is 168 Å². The summed E-state index contributed by atoms with van der Waals surface area (Å²) in [5.41, 5.74) is 3.24. The number of rotatable bonds is 4. The maximum Gasteiger partial charge on any atom is 0.324 e. The fourth-order valence-corrected chi connectivity index (χ4v) is 2.61. The first kappa shape index (κ1) is 19.3. The molecule has 0 saturated carbocycles. The first-order valence-electron chi connectivity index (χ1n) is 8.68. The van der Waals surface area contributed by atoms with Gasteiger partial charge in [-0.2, -0.15) is 0 Å². The van der Waals surface area contributed by atoms with Crippen LogP contribution in [0, 0.1) is 0 Å². The average molecular weight is 391 g/mol. The van der Waals surface area contributed by atoms with Crippen molar-refractivity contribution in [3.05, 3.63) is 101 Å². The van der Waals surface area contributed by atoms with Crippen molar-refractivity contribution in [1.29, 1.82) is 0 Å². The molecule has 0 aromatic heterocycles. The van der Waals surface area contributed by atoms with Crippen LogP contribution in [0.3, 0.4) is 0 Å². The van der Waals surface area contributed by atoms with Gasteiger partial charge in [-0.1, -0.05) is 72.3 Å². The Morgan fingerprint density at radius 2 is 1.32 bits per heavy atom. The van der Waals surface area contributed by atoms with E-state index < -0.39 is 6.03 Å². The van der Waals surface area contributed by atoms with E-state index in [0.717, 1.165) is 16.8 Å². The zero-order chi connectivity index (χ0) is 19.8. The van der Waals surface area contributed by atoms with E-state index in [1.807, 2.05) is 60.7 Å². The summed E-state index contributed by atoms with van der Waals surface area (Å²) in [6.07, 6.45) is 0. The summed E-state index contributed by atoms with van der Waals surface area (Å²) in [7, 11) is 0. The van der Waals surface area contributed by atoms with Crippen LogP contribution in [0.4, 0.5) is 10.5 Å². The van der Waals surface area contributed by atoms with E-state index in [0.29, 0.717) is 16.5 Å². The molecule has 0 unspecified atom stereocenters. The second-order valence-corrected chi connectivity index (χ2v) is 6.39. The van der Waals surface area contributed by atoms with Crippen LogP contribution in [0.15, 0.2) is 95.1 Å². The summed E-state index contributed by atoms with van der Waals surface area (Å²) < 4.78 is 0. The summed E-state index contributed by atoms with van der Waals surface area (Å²) in [6, 6.07) is 26.0. The van der Waals surface area contributed by atoms with Gasteiger partial charge in [0.05, 0.1) is 0 Å². The van der Waals surface area contributed by atoms with Gasteiger partial charge in [0.2, 0.25) is 0 Å². The van der Waals surface area contributed by atoms with E-state index in [1.54, 1.807) is 31.2 Å². The van der Waals surface area contributed by atoms with Gasteiger partial charge < -0.3 is 5.32 Å². The summed E-state index contributed by atoms with van der Waals surface area (Å²) in [6.45, 7) is 1.68. The van der Waals surface area contributed by atoms with Crippen LogP contribution in [-0.2, 0) is 0 Å². The summed E-state index contributed by atoms with van der Waals surface area (Å²) in [5, 5.41) is 14.5. The van der Waals surface area contributed by atoms with E-state index in [4.69, 9.17) is 11.6 Å². The maximum atomic E-state index is 12.1. The lowest BCUT2D eigenvalue weighted by atomic mass is 10.0. The molecule has 28 heavy (non-hydrogen) atoms. The number of amides is 2. The highest BCUT2D eigenvalue weighted by Gasteiger charge is 2.07. The molecule has 3 aromatic carbocycles. The predicted molar refractivity (Wildman–Crippen MR) is 115 cm³/mol. The molecule has 0 aliphatic rings. The molecule has 3 aromatic rings. The van der Waals surface area contributed by atoms with Gasteiger partial charge in [-0.3, -0.25) is 5.32 Å². The second kappa shape index (κ2) is 9.48. The van der Waals surface area contributed by atoms with E-state index >= 15 is 0 Å². The monoisotopic (exact) mass is 390 g/mol. The Morgan fingerprint density at radius 3 is 1.86 bits per heavy atom. The number of benzene rings is 3. The Hall–Kier alpha value is -3.44. The molecule has 6 heteroatoms. The lowest BCUT2D eigenvalue weighted by molar-refractivity contribution is 0.256. The molecule has 0 saturated heterocycles. The first-order chi connectivity index (χ1) is 13.6. The third-order valence-electron chi connectivity index (χ3n) is 3.79. The molecule has 2 amide bonds. The van der Waals surface area contributed by atoms with Gasteiger partial charge in [0, 0.05) is 21.8 Å². The fraction of sp³-hybridized carbons (Fsp3) is 0.0455. The maximum absolute atomic E-state index is 12.1. The molecule has 0 aliphatic heterocycles. The standard InChI is InChI=1S/C22H19ClN4O/c1-16(24-22(28)25-20-14-12-19(23)13-15-20)26-27-21(17-8-4-2-5-9-17)18-10-6-3-7-11-18/h2-15H,1H3,(H2,24,25,26,28). The average Bonchev–Trinajstić information content (AvgIpc) is 2.71. The summed E-state index contributed by atoms with van der Waals surface area (Å²) >= 11 is 5.84. The number of carbonyl (C=O) groups excluding carboxylic acids is 1.